The number of methoxy groups -OCH3 is 1. The van der Waals surface area contributed by atoms with E-state index in [2.05, 4.69) is 33.8 Å². The Bertz CT molecular complexity index is 1150. The summed E-state index contributed by atoms with van der Waals surface area (Å²) in [6.45, 7) is 12.9. The molecule has 0 bridgehead atoms. The number of allylic oxidation sites excluding steroid dienone is 4. The molecule has 0 heterocycles. The lowest BCUT2D eigenvalue weighted by Gasteiger charge is -2.64. The van der Waals surface area contributed by atoms with Gasteiger partial charge >= 0.3 is 5.97 Å². The van der Waals surface area contributed by atoms with Gasteiger partial charge in [0.1, 0.15) is 6.07 Å². The number of Topliss-reactive ketones (excluding diaryl/α,β-unsaturated/α-hetero) is 1. The Morgan fingerprint density at radius 3 is 2.30 bits per heavy atom. The van der Waals surface area contributed by atoms with Gasteiger partial charge in [-0.1, -0.05) is 47.6 Å². The third-order valence-electron chi connectivity index (χ3n) is 11.9. The first-order chi connectivity index (χ1) is 16.8. The maximum Gasteiger partial charge on any atom is 0.312 e. The van der Waals surface area contributed by atoms with Crippen molar-refractivity contribution in [2.24, 2.45) is 51.2 Å². The van der Waals surface area contributed by atoms with E-state index in [0.29, 0.717) is 0 Å². The molecule has 0 aliphatic heterocycles. The van der Waals surface area contributed by atoms with Crippen LogP contribution in [0.1, 0.15) is 93.9 Å². The molecule has 0 aromatic rings. The number of esters is 1. The molecule has 8 atom stereocenters. The molecule has 0 saturated heterocycles. The SMILES string of the molecule is C.COC(=O)C12CCC3C(C(=O)C=C4C3(C)CCC3C(C)C(=O)C(C#N)=C(C)C43C)C1CC(C)(C)CC2. The third-order valence-corrected chi connectivity index (χ3v) is 11.9. The minimum Gasteiger partial charge on any atom is -0.469 e. The van der Waals surface area contributed by atoms with Crippen molar-refractivity contribution in [3.8, 4) is 6.07 Å². The number of ketones is 2. The minimum absolute atomic E-state index is 0. The number of carbonyl (C=O) groups excluding carboxylic acids is 3. The van der Waals surface area contributed by atoms with E-state index in [1.165, 1.54) is 7.11 Å². The molecule has 5 rings (SSSR count). The highest BCUT2D eigenvalue weighted by Crippen LogP contribution is 2.70. The van der Waals surface area contributed by atoms with Gasteiger partial charge in [-0.25, -0.2) is 0 Å². The van der Waals surface area contributed by atoms with Crippen LogP contribution in [0.4, 0.5) is 0 Å². The molecule has 8 unspecified atom stereocenters. The Hall–Kier alpha value is -2.22. The van der Waals surface area contributed by atoms with Crippen LogP contribution in [0.5, 0.6) is 0 Å². The molecule has 0 amide bonds. The van der Waals surface area contributed by atoms with E-state index in [0.717, 1.165) is 56.1 Å². The molecule has 0 N–H and O–H groups in total. The monoisotopic (exact) mass is 507 g/mol. The van der Waals surface area contributed by atoms with Gasteiger partial charge in [-0.15, -0.1) is 0 Å². The largest absolute Gasteiger partial charge is 0.469 e. The molecule has 202 valence electrons. The normalized spacial score (nSPS) is 44.2. The van der Waals surface area contributed by atoms with Crippen LogP contribution in [-0.4, -0.2) is 24.6 Å². The van der Waals surface area contributed by atoms with E-state index in [-0.39, 0.29) is 71.0 Å². The van der Waals surface area contributed by atoms with E-state index >= 15 is 0 Å². The Morgan fingerprint density at radius 2 is 1.68 bits per heavy atom. The summed E-state index contributed by atoms with van der Waals surface area (Å²) in [5.41, 5.74) is 1.08. The van der Waals surface area contributed by atoms with E-state index in [9.17, 15) is 19.6 Å². The smallest absolute Gasteiger partial charge is 0.312 e. The highest BCUT2D eigenvalue weighted by atomic mass is 16.5. The molecular formula is C32H45NO4. The molecule has 5 aliphatic rings. The molecule has 5 aliphatic carbocycles. The molecule has 5 nitrogen and oxygen atoms in total. The number of hydrogen-bond acceptors (Lipinski definition) is 5. The van der Waals surface area contributed by atoms with Crippen LogP contribution in [0, 0.1) is 62.6 Å². The highest BCUT2D eigenvalue weighted by molar-refractivity contribution is 6.03. The van der Waals surface area contributed by atoms with Crippen LogP contribution >= 0.6 is 0 Å². The molecule has 3 saturated carbocycles. The second kappa shape index (κ2) is 8.65. The fourth-order valence-corrected chi connectivity index (χ4v) is 9.80. The Balaban J connectivity index is 0.00000320. The number of carbonyl (C=O) groups is 3. The van der Waals surface area contributed by atoms with Crippen molar-refractivity contribution in [1.29, 1.82) is 5.26 Å². The predicted molar refractivity (Wildman–Crippen MR) is 143 cm³/mol. The molecule has 5 heteroatoms. The maximum absolute atomic E-state index is 14.2. The van der Waals surface area contributed by atoms with Crippen molar-refractivity contribution in [2.45, 2.75) is 93.9 Å². The van der Waals surface area contributed by atoms with Gasteiger partial charge in [-0.3, -0.25) is 14.4 Å². The number of hydrogen-bond donors (Lipinski definition) is 0. The summed E-state index contributed by atoms with van der Waals surface area (Å²) >= 11 is 0. The minimum atomic E-state index is -0.570. The predicted octanol–water partition coefficient (Wildman–Crippen LogP) is 6.62. The number of nitrogens with zero attached hydrogens (tertiary/aromatic N) is 1. The molecular weight excluding hydrogens is 462 g/mol. The first-order valence-electron chi connectivity index (χ1n) is 13.8. The quantitative estimate of drug-likeness (QED) is 0.372. The van der Waals surface area contributed by atoms with E-state index in [4.69, 9.17) is 4.74 Å². The van der Waals surface area contributed by atoms with E-state index in [1.54, 1.807) is 0 Å². The average Bonchev–Trinajstić information content (AvgIpc) is 2.83. The van der Waals surface area contributed by atoms with Gasteiger partial charge in [0.2, 0.25) is 0 Å². The lowest BCUT2D eigenvalue weighted by molar-refractivity contribution is -0.178. The zero-order valence-corrected chi connectivity index (χ0v) is 23.0. The second-order valence-electron chi connectivity index (χ2n) is 13.8. The summed E-state index contributed by atoms with van der Waals surface area (Å²) < 4.78 is 5.38. The van der Waals surface area contributed by atoms with Gasteiger partial charge in [0.25, 0.3) is 0 Å². The molecule has 0 spiro atoms. The summed E-state index contributed by atoms with van der Waals surface area (Å²) in [4.78, 5) is 40.5. The average molecular weight is 508 g/mol. The lowest BCUT2D eigenvalue weighted by Crippen LogP contribution is -2.61. The van der Waals surface area contributed by atoms with Crippen molar-refractivity contribution in [3.05, 3.63) is 22.8 Å². The zero-order valence-electron chi connectivity index (χ0n) is 23.0. The second-order valence-corrected chi connectivity index (χ2v) is 13.8. The summed E-state index contributed by atoms with van der Waals surface area (Å²) in [5, 5.41) is 9.88. The summed E-state index contributed by atoms with van der Waals surface area (Å²) in [6.07, 6.45) is 7.96. The van der Waals surface area contributed by atoms with Crippen LogP contribution in [0.15, 0.2) is 22.8 Å². The third kappa shape index (κ3) is 3.43. The van der Waals surface area contributed by atoms with Crippen molar-refractivity contribution in [3.63, 3.8) is 0 Å². The topological polar surface area (TPSA) is 84.2 Å². The number of fused-ring (bicyclic) bond motifs is 7. The first kappa shape index (κ1) is 27.8. The van der Waals surface area contributed by atoms with E-state index < -0.39 is 10.8 Å². The zero-order chi connectivity index (χ0) is 26.4. The number of nitriles is 1. The first-order valence-corrected chi connectivity index (χ1v) is 13.8. The van der Waals surface area contributed by atoms with Crippen LogP contribution in [0.3, 0.4) is 0 Å². The Kier molecular flexibility index (Phi) is 6.50. The Labute approximate surface area is 223 Å². The fraction of sp³-hybridized carbons (Fsp3) is 0.750. The van der Waals surface area contributed by atoms with Gasteiger partial charge in [0, 0.05) is 17.3 Å². The van der Waals surface area contributed by atoms with Crippen molar-refractivity contribution < 1.29 is 19.1 Å². The van der Waals surface area contributed by atoms with Crippen molar-refractivity contribution in [2.75, 3.05) is 7.11 Å². The standard InChI is InChI=1S/C31H41NO4.CH4/c1-17-20-8-10-29(5)21-9-11-31(27(35)36-7)13-12-28(3,4)15-22(31)25(21)23(33)14-24(29)30(20,6)18(2)19(16-32)26(17)34;/h14,17,20-22,25H,8-13,15H2,1-7H3;1H4. The van der Waals surface area contributed by atoms with Gasteiger partial charge in [-0.2, -0.15) is 5.26 Å². The van der Waals surface area contributed by atoms with Crippen LogP contribution in [0.2, 0.25) is 0 Å². The van der Waals surface area contributed by atoms with Crippen LogP contribution in [-0.2, 0) is 19.1 Å². The molecule has 0 aromatic carbocycles. The summed E-state index contributed by atoms with van der Waals surface area (Å²) in [5.74, 6) is -0.228. The molecule has 0 aromatic heterocycles. The van der Waals surface area contributed by atoms with Gasteiger partial charge < -0.3 is 4.74 Å². The molecule has 37 heavy (non-hydrogen) atoms. The summed E-state index contributed by atoms with van der Waals surface area (Å²) in [7, 11) is 1.48. The molecule has 3 fully saturated rings. The number of rotatable bonds is 1. The van der Waals surface area contributed by atoms with Crippen LogP contribution in [0.25, 0.3) is 0 Å². The number of ether oxygens (including phenoxy) is 1. The van der Waals surface area contributed by atoms with Gasteiger partial charge in [0.05, 0.1) is 18.1 Å². The van der Waals surface area contributed by atoms with Crippen molar-refractivity contribution >= 4 is 17.5 Å². The highest BCUT2D eigenvalue weighted by Gasteiger charge is 2.66. The maximum atomic E-state index is 14.2. The fourth-order valence-electron chi connectivity index (χ4n) is 9.80. The molecule has 0 radical (unpaired) electrons. The summed E-state index contributed by atoms with van der Waals surface area (Å²) in [6, 6.07) is 2.20. The lowest BCUT2D eigenvalue weighted by atomic mass is 9.38. The van der Waals surface area contributed by atoms with Crippen LogP contribution < -0.4 is 0 Å². The van der Waals surface area contributed by atoms with Crippen molar-refractivity contribution in [1.82, 2.24) is 0 Å². The van der Waals surface area contributed by atoms with Gasteiger partial charge in [-0.05, 0) is 92.1 Å². The Morgan fingerprint density at radius 1 is 1.03 bits per heavy atom. The van der Waals surface area contributed by atoms with E-state index in [1.807, 2.05) is 19.9 Å². The van der Waals surface area contributed by atoms with Gasteiger partial charge in [0.15, 0.2) is 11.6 Å².